The van der Waals surface area contributed by atoms with Crippen LogP contribution in [-0.4, -0.2) is 53.7 Å². The molecule has 3 amide bonds. The zero-order valence-electron chi connectivity index (χ0n) is 17.0. The molecule has 7 heteroatoms. The number of nitrogens with zero attached hydrogens (tertiary/aromatic N) is 2. The van der Waals surface area contributed by atoms with Gasteiger partial charge >= 0.3 is 0 Å². The fourth-order valence-electron chi connectivity index (χ4n) is 4.18. The van der Waals surface area contributed by atoms with Crippen LogP contribution in [0.2, 0.25) is 0 Å². The summed E-state index contributed by atoms with van der Waals surface area (Å²) in [5, 5.41) is 4.88. The fraction of sp³-hybridized carbons (Fsp3) is 0.435. The van der Waals surface area contributed by atoms with Crippen LogP contribution in [0.3, 0.4) is 0 Å². The number of piperidine rings is 2. The van der Waals surface area contributed by atoms with E-state index in [1.807, 2.05) is 39.4 Å². The number of para-hydroxylation sites is 1. The summed E-state index contributed by atoms with van der Waals surface area (Å²) >= 11 is 1.44. The zero-order chi connectivity index (χ0) is 20.9. The summed E-state index contributed by atoms with van der Waals surface area (Å²) in [6.45, 7) is 2.70. The quantitative estimate of drug-likeness (QED) is 0.809. The summed E-state index contributed by atoms with van der Waals surface area (Å²) in [6.07, 6.45) is 4.48. The third kappa shape index (κ3) is 4.56. The number of benzene rings is 1. The van der Waals surface area contributed by atoms with E-state index in [0.29, 0.717) is 37.2 Å². The predicted octanol–water partition coefficient (Wildman–Crippen LogP) is 3.87. The SMILES string of the molecule is O=C(Nc1ccccc1C(=O)N1CCCCC1)C1CCN(C(=O)c2cccs2)CC1. The van der Waals surface area contributed by atoms with Crippen molar-refractivity contribution in [3.05, 3.63) is 52.2 Å². The highest BCUT2D eigenvalue weighted by Gasteiger charge is 2.29. The van der Waals surface area contributed by atoms with Crippen molar-refractivity contribution >= 4 is 34.7 Å². The summed E-state index contributed by atoms with van der Waals surface area (Å²) in [6, 6.07) is 11.0. The molecule has 3 heterocycles. The summed E-state index contributed by atoms with van der Waals surface area (Å²) in [5.41, 5.74) is 1.13. The molecule has 158 valence electrons. The number of thiophene rings is 1. The lowest BCUT2D eigenvalue weighted by Crippen LogP contribution is -2.41. The minimum atomic E-state index is -0.157. The number of carbonyl (C=O) groups excluding carboxylic acids is 3. The number of rotatable bonds is 4. The molecule has 2 fully saturated rings. The van der Waals surface area contributed by atoms with Crippen LogP contribution in [0.4, 0.5) is 5.69 Å². The van der Waals surface area contributed by atoms with Gasteiger partial charge in [-0.15, -0.1) is 11.3 Å². The number of hydrogen-bond acceptors (Lipinski definition) is 4. The summed E-state index contributed by atoms with van der Waals surface area (Å²) < 4.78 is 0. The van der Waals surface area contributed by atoms with Crippen molar-refractivity contribution in [2.45, 2.75) is 32.1 Å². The summed E-state index contributed by atoms with van der Waals surface area (Å²) in [7, 11) is 0. The highest BCUT2D eigenvalue weighted by atomic mass is 32.1. The molecule has 2 aromatic rings. The number of carbonyl (C=O) groups is 3. The van der Waals surface area contributed by atoms with E-state index in [-0.39, 0.29) is 23.6 Å². The van der Waals surface area contributed by atoms with E-state index in [0.717, 1.165) is 37.2 Å². The number of nitrogens with one attached hydrogen (secondary N) is 1. The molecule has 4 rings (SSSR count). The van der Waals surface area contributed by atoms with Gasteiger partial charge < -0.3 is 15.1 Å². The predicted molar refractivity (Wildman–Crippen MR) is 118 cm³/mol. The summed E-state index contributed by atoms with van der Waals surface area (Å²) in [4.78, 5) is 42.8. The first-order valence-corrected chi connectivity index (χ1v) is 11.5. The molecular weight excluding hydrogens is 398 g/mol. The molecule has 2 aliphatic heterocycles. The molecule has 30 heavy (non-hydrogen) atoms. The van der Waals surface area contributed by atoms with Crippen molar-refractivity contribution < 1.29 is 14.4 Å². The van der Waals surface area contributed by atoms with Gasteiger partial charge in [-0.1, -0.05) is 18.2 Å². The number of likely N-dealkylation sites (tertiary alicyclic amines) is 2. The molecule has 6 nitrogen and oxygen atoms in total. The first kappa shape index (κ1) is 20.6. The van der Waals surface area contributed by atoms with Gasteiger partial charge in [0, 0.05) is 32.1 Å². The normalized spacial score (nSPS) is 17.6. The molecule has 0 bridgehead atoms. The Hall–Kier alpha value is -2.67. The van der Waals surface area contributed by atoms with E-state index in [1.54, 1.807) is 12.1 Å². The van der Waals surface area contributed by atoms with Crippen LogP contribution in [0.15, 0.2) is 41.8 Å². The van der Waals surface area contributed by atoms with Gasteiger partial charge in [0.05, 0.1) is 16.1 Å². The average Bonchev–Trinajstić information content (AvgIpc) is 3.34. The Morgan fingerprint density at radius 1 is 0.833 bits per heavy atom. The van der Waals surface area contributed by atoms with Crippen LogP contribution >= 0.6 is 11.3 Å². The highest BCUT2D eigenvalue weighted by molar-refractivity contribution is 7.12. The number of amides is 3. The topological polar surface area (TPSA) is 69.7 Å². The van der Waals surface area contributed by atoms with Crippen LogP contribution in [-0.2, 0) is 4.79 Å². The van der Waals surface area contributed by atoms with Crippen molar-refractivity contribution in [1.82, 2.24) is 9.80 Å². The monoisotopic (exact) mass is 425 g/mol. The lowest BCUT2D eigenvalue weighted by Gasteiger charge is -2.31. The Morgan fingerprint density at radius 2 is 1.53 bits per heavy atom. The molecule has 0 aliphatic carbocycles. The second kappa shape index (κ2) is 9.43. The van der Waals surface area contributed by atoms with Crippen LogP contribution in [0.5, 0.6) is 0 Å². The zero-order valence-corrected chi connectivity index (χ0v) is 17.8. The molecule has 2 saturated heterocycles. The smallest absolute Gasteiger partial charge is 0.263 e. The molecule has 0 unspecified atom stereocenters. The number of hydrogen-bond donors (Lipinski definition) is 1. The Kier molecular flexibility index (Phi) is 6.47. The molecule has 0 spiro atoms. The van der Waals surface area contributed by atoms with E-state index >= 15 is 0 Å². The largest absolute Gasteiger partial charge is 0.339 e. The Labute approximate surface area is 180 Å². The first-order valence-electron chi connectivity index (χ1n) is 10.7. The fourth-order valence-corrected chi connectivity index (χ4v) is 4.87. The van der Waals surface area contributed by atoms with Crippen molar-refractivity contribution in [2.24, 2.45) is 5.92 Å². The Morgan fingerprint density at radius 3 is 2.23 bits per heavy atom. The third-order valence-corrected chi connectivity index (χ3v) is 6.80. The number of anilines is 1. The van der Waals surface area contributed by atoms with Gasteiger partial charge in [0.2, 0.25) is 5.91 Å². The van der Waals surface area contributed by atoms with E-state index in [2.05, 4.69) is 5.32 Å². The second-order valence-electron chi connectivity index (χ2n) is 7.93. The Balaban J connectivity index is 1.37. The third-order valence-electron chi connectivity index (χ3n) is 5.94. The molecule has 1 N–H and O–H groups in total. The van der Waals surface area contributed by atoms with Gasteiger partial charge in [0.25, 0.3) is 11.8 Å². The van der Waals surface area contributed by atoms with Gasteiger partial charge in [-0.2, -0.15) is 0 Å². The van der Waals surface area contributed by atoms with Gasteiger partial charge in [0.1, 0.15) is 0 Å². The summed E-state index contributed by atoms with van der Waals surface area (Å²) in [5.74, 6) is -0.198. The lowest BCUT2D eigenvalue weighted by atomic mass is 9.95. The van der Waals surface area contributed by atoms with Crippen LogP contribution in [0.1, 0.15) is 52.1 Å². The molecule has 1 aromatic heterocycles. The second-order valence-corrected chi connectivity index (χ2v) is 8.88. The maximum atomic E-state index is 12.9. The van der Waals surface area contributed by atoms with E-state index < -0.39 is 0 Å². The van der Waals surface area contributed by atoms with Gasteiger partial charge in [-0.05, 0) is 55.7 Å². The van der Waals surface area contributed by atoms with Gasteiger partial charge in [0.15, 0.2) is 0 Å². The molecular formula is C23H27N3O3S. The average molecular weight is 426 g/mol. The maximum absolute atomic E-state index is 12.9. The van der Waals surface area contributed by atoms with Crippen molar-refractivity contribution in [2.75, 3.05) is 31.5 Å². The molecule has 0 atom stereocenters. The van der Waals surface area contributed by atoms with E-state index in [9.17, 15) is 14.4 Å². The Bertz CT molecular complexity index is 898. The molecule has 2 aliphatic rings. The van der Waals surface area contributed by atoms with Crippen molar-refractivity contribution in [3.8, 4) is 0 Å². The van der Waals surface area contributed by atoms with Crippen LogP contribution in [0.25, 0.3) is 0 Å². The van der Waals surface area contributed by atoms with Crippen molar-refractivity contribution in [1.29, 1.82) is 0 Å². The lowest BCUT2D eigenvalue weighted by molar-refractivity contribution is -0.121. The molecule has 0 saturated carbocycles. The van der Waals surface area contributed by atoms with Gasteiger partial charge in [-0.3, -0.25) is 14.4 Å². The maximum Gasteiger partial charge on any atom is 0.263 e. The van der Waals surface area contributed by atoms with Crippen molar-refractivity contribution in [3.63, 3.8) is 0 Å². The first-order chi connectivity index (χ1) is 14.6. The highest BCUT2D eigenvalue weighted by Crippen LogP contribution is 2.24. The van der Waals surface area contributed by atoms with Crippen LogP contribution in [0, 0.1) is 5.92 Å². The van der Waals surface area contributed by atoms with E-state index in [4.69, 9.17) is 0 Å². The minimum absolute atomic E-state index is 0.0121. The van der Waals surface area contributed by atoms with Gasteiger partial charge in [-0.25, -0.2) is 0 Å². The minimum Gasteiger partial charge on any atom is -0.339 e. The molecule has 0 radical (unpaired) electrons. The molecule has 1 aromatic carbocycles. The van der Waals surface area contributed by atoms with E-state index in [1.165, 1.54) is 11.3 Å². The standard InChI is InChI=1S/C23H27N3O3S/c27-21(17-10-14-26(15-11-17)23(29)20-9-6-16-30-20)24-19-8-3-2-7-18(19)22(28)25-12-4-1-5-13-25/h2-3,6-9,16-17H,1,4-5,10-15H2,(H,24,27). The van der Waals surface area contributed by atoms with Crippen LogP contribution < -0.4 is 5.32 Å².